The SMILES string of the molecule is CC(C)(CNC(=O)CCn1cnc2ccccc21)N1CCOCC1. The van der Waals surface area contributed by atoms with Gasteiger partial charge in [-0.05, 0) is 26.0 Å². The Bertz CT molecular complexity index is 689. The minimum Gasteiger partial charge on any atom is -0.379 e. The number of imidazole rings is 1. The van der Waals surface area contributed by atoms with Crippen LogP contribution in [0.15, 0.2) is 30.6 Å². The van der Waals surface area contributed by atoms with Crippen LogP contribution >= 0.6 is 0 Å². The molecule has 1 fully saturated rings. The number of carbonyl (C=O) groups is 1. The summed E-state index contributed by atoms with van der Waals surface area (Å²) in [5.74, 6) is 0.0779. The van der Waals surface area contributed by atoms with E-state index in [2.05, 4.69) is 29.0 Å². The number of nitrogens with zero attached hydrogens (tertiary/aromatic N) is 3. The zero-order valence-electron chi connectivity index (χ0n) is 14.5. The van der Waals surface area contributed by atoms with Gasteiger partial charge >= 0.3 is 0 Å². The number of morpholine rings is 1. The van der Waals surface area contributed by atoms with Crippen molar-refractivity contribution in [1.29, 1.82) is 0 Å². The molecular weight excluding hydrogens is 304 g/mol. The highest BCUT2D eigenvalue weighted by molar-refractivity contribution is 5.77. The van der Waals surface area contributed by atoms with E-state index in [-0.39, 0.29) is 11.4 Å². The van der Waals surface area contributed by atoms with Gasteiger partial charge in [0.25, 0.3) is 0 Å². The molecular formula is C18H26N4O2. The zero-order valence-corrected chi connectivity index (χ0v) is 14.5. The third-order valence-corrected chi connectivity index (χ3v) is 4.69. The van der Waals surface area contributed by atoms with Gasteiger partial charge in [0.2, 0.25) is 5.91 Å². The Morgan fingerprint density at radius 2 is 2.04 bits per heavy atom. The predicted molar refractivity (Wildman–Crippen MR) is 93.8 cm³/mol. The Morgan fingerprint density at radius 1 is 1.29 bits per heavy atom. The van der Waals surface area contributed by atoms with E-state index in [4.69, 9.17) is 4.74 Å². The number of fused-ring (bicyclic) bond motifs is 1. The van der Waals surface area contributed by atoms with Crippen molar-refractivity contribution in [2.24, 2.45) is 0 Å². The number of hydrogen-bond donors (Lipinski definition) is 1. The zero-order chi connectivity index (χ0) is 17.0. The lowest BCUT2D eigenvalue weighted by Crippen LogP contribution is -2.55. The molecule has 1 aromatic carbocycles. The van der Waals surface area contributed by atoms with Gasteiger partial charge in [-0.25, -0.2) is 4.98 Å². The quantitative estimate of drug-likeness (QED) is 0.875. The average molecular weight is 330 g/mol. The van der Waals surface area contributed by atoms with Crippen molar-refractivity contribution in [1.82, 2.24) is 19.8 Å². The summed E-state index contributed by atoms with van der Waals surface area (Å²) < 4.78 is 7.43. The van der Waals surface area contributed by atoms with Gasteiger partial charge in [-0.15, -0.1) is 0 Å². The van der Waals surface area contributed by atoms with E-state index in [0.29, 0.717) is 19.5 Å². The Balaban J connectivity index is 1.49. The number of nitrogens with one attached hydrogen (secondary N) is 1. The molecule has 3 rings (SSSR count). The summed E-state index contributed by atoms with van der Waals surface area (Å²) >= 11 is 0. The normalized spacial score (nSPS) is 16.4. The summed E-state index contributed by atoms with van der Waals surface area (Å²) in [6.07, 6.45) is 2.26. The van der Waals surface area contributed by atoms with Crippen molar-refractivity contribution in [2.75, 3.05) is 32.8 Å². The molecule has 24 heavy (non-hydrogen) atoms. The summed E-state index contributed by atoms with van der Waals surface area (Å²) in [6, 6.07) is 7.98. The van der Waals surface area contributed by atoms with Gasteiger partial charge in [-0.2, -0.15) is 0 Å². The van der Waals surface area contributed by atoms with Crippen LogP contribution in [0.4, 0.5) is 0 Å². The van der Waals surface area contributed by atoms with E-state index in [0.717, 1.165) is 37.3 Å². The monoisotopic (exact) mass is 330 g/mol. The molecule has 0 radical (unpaired) electrons. The lowest BCUT2D eigenvalue weighted by atomic mass is 10.0. The third kappa shape index (κ3) is 3.94. The Labute approximate surface area is 142 Å². The van der Waals surface area contributed by atoms with Crippen molar-refractivity contribution in [3.8, 4) is 0 Å². The second-order valence-corrected chi connectivity index (χ2v) is 6.87. The minimum atomic E-state index is -0.0544. The summed E-state index contributed by atoms with van der Waals surface area (Å²) in [6.45, 7) is 9.01. The molecule has 0 aliphatic carbocycles. The van der Waals surface area contributed by atoms with Gasteiger partial charge in [-0.1, -0.05) is 12.1 Å². The van der Waals surface area contributed by atoms with Crippen LogP contribution in [0.25, 0.3) is 11.0 Å². The fourth-order valence-electron chi connectivity index (χ4n) is 3.09. The number of benzene rings is 1. The van der Waals surface area contributed by atoms with Gasteiger partial charge in [0.05, 0.1) is 30.6 Å². The van der Waals surface area contributed by atoms with Crippen molar-refractivity contribution >= 4 is 16.9 Å². The van der Waals surface area contributed by atoms with Gasteiger partial charge in [-0.3, -0.25) is 9.69 Å². The molecule has 1 N–H and O–H groups in total. The van der Waals surface area contributed by atoms with Gasteiger partial charge in [0.15, 0.2) is 0 Å². The van der Waals surface area contributed by atoms with Crippen LogP contribution in [-0.4, -0.2) is 58.7 Å². The van der Waals surface area contributed by atoms with E-state index in [9.17, 15) is 4.79 Å². The van der Waals surface area contributed by atoms with Crippen LogP contribution in [0.1, 0.15) is 20.3 Å². The molecule has 2 heterocycles. The van der Waals surface area contributed by atoms with Gasteiger partial charge in [0, 0.05) is 38.1 Å². The standard InChI is InChI=1S/C18H26N4O2/c1-18(2,22-9-11-24-12-10-22)13-19-17(23)7-8-21-14-20-15-5-3-4-6-16(15)21/h3-6,14H,7-13H2,1-2H3,(H,19,23). The van der Waals surface area contributed by atoms with Crippen LogP contribution in [0.5, 0.6) is 0 Å². The maximum atomic E-state index is 12.2. The Kier molecular flexibility index (Phi) is 5.16. The first-order chi connectivity index (χ1) is 11.6. The third-order valence-electron chi connectivity index (χ3n) is 4.69. The van der Waals surface area contributed by atoms with Crippen LogP contribution < -0.4 is 5.32 Å². The maximum absolute atomic E-state index is 12.2. The Morgan fingerprint density at radius 3 is 2.83 bits per heavy atom. The fourth-order valence-corrected chi connectivity index (χ4v) is 3.09. The molecule has 0 spiro atoms. The maximum Gasteiger partial charge on any atom is 0.221 e. The summed E-state index contributed by atoms with van der Waals surface area (Å²) in [5.41, 5.74) is 1.98. The number of hydrogen-bond acceptors (Lipinski definition) is 4. The highest BCUT2D eigenvalue weighted by Gasteiger charge is 2.28. The number of aromatic nitrogens is 2. The average Bonchev–Trinajstić information content (AvgIpc) is 3.02. The number of rotatable bonds is 6. The van der Waals surface area contributed by atoms with Crippen molar-refractivity contribution in [3.05, 3.63) is 30.6 Å². The molecule has 2 aromatic rings. The Hall–Kier alpha value is -1.92. The van der Waals surface area contributed by atoms with Crippen molar-refractivity contribution in [3.63, 3.8) is 0 Å². The predicted octanol–water partition coefficient (Wildman–Crippen LogP) is 1.65. The van der Waals surface area contributed by atoms with E-state index >= 15 is 0 Å². The molecule has 6 heteroatoms. The van der Waals surface area contributed by atoms with E-state index in [1.807, 2.05) is 28.8 Å². The number of ether oxygens (including phenoxy) is 1. The lowest BCUT2D eigenvalue weighted by molar-refractivity contribution is -0.122. The first-order valence-electron chi connectivity index (χ1n) is 8.56. The number of para-hydroxylation sites is 2. The van der Waals surface area contributed by atoms with E-state index < -0.39 is 0 Å². The molecule has 0 atom stereocenters. The molecule has 0 saturated carbocycles. The number of carbonyl (C=O) groups excluding carboxylic acids is 1. The molecule has 6 nitrogen and oxygen atoms in total. The van der Waals surface area contributed by atoms with Crippen LogP contribution in [0.2, 0.25) is 0 Å². The van der Waals surface area contributed by atoms with Crippen LogP contribution in [0, 0.1) is 0 Å². The first-order valence-corrected chi connectivity index (χ1v) is 8.56. The molecule has 1 amide bonds. The van der Waals surface area contributed by atoms with Gasteiger partial charge < -0.3 is 14.6 Å². The second kappa shape index (κ2) is 7.32. The van der Waals surface area contributed by atoms with Crippen LogP contribution in [0.3, 0.4) is 0 Å². The van der Waals surface area contributed by atoms with E-state index in [1.54, 1.807) is 6.33 Å². The lowest BCUT2D eigenvalue weighted by Gasteiger charge is -2.40. The second-order valence-electron chi connectivity index (χ2n) is 6.87. The largest absolute Gasteiger partial charge is 0.379 e. The summed E-state index contributed by atoms with van der Waals surface area (Å²) in [5, 5.41) is 3.08. The summed E-state index contributed by atoms with van der Waals surface area (Å²) in [4.78, 5) is 18.9. The molecule has 0 bridgehead atoms. The molecule has 1 saturated heterocycles. The van der Waals surface area contributed by atoms with E-state index in [1.165, 1.54) is 0 Å². The van der Waals surface area contributed by atoms with Gasteiger partial charge in [0.1, 0.15) is 0 Å². The smallest absolute Gasteiger partial charge is 0.221 e. The molecule has 1 aliphatic heterocycles. The highest BCUT2D eigenvalue weighted by atomic mass is 16.5. The van der Waals surface area contributed by atoms with Crippen molar-refractivity contribution < 1.29 is 9.53 Å². The summed E-state index contributed by atoms with van der Waals surface area (Å²) in [7, 11) is 0. The molecule has 1 aromatic heterocycles. The molecule has 1 aliphatic rings. The number of aryl methyl sites for hydroxylation is 1. The number of amides is 1. The van der Waals surface area contributed by atoms with Crippen molar-refractivity contribution in [2.45, 2.75) is 32.4 Å². The first kappa shape index (κ1) is 16.9. The fraction of sp³-hybridized carbons (Fsp3) is 0.556. The minimum absolute atomic E-state index is 0.0544. The molecule has 130 valence electrons. The topological polar surface area (TPSA) is 59.4 Å². The highest BCUT2D eigenvalue weighted by Crippen LogP contribution is 2.15. The van der Waals surface area contributed by atoms with Crippen LogP contribution in [-0.2, 0) is 16.1 Å². The molecule has 0 unspecified atom stereocenters.